The van der Waals surface area contributed by atoms with Crippen molar-refractivity contribution in [1.82, 2.24) is 4.90 Å². The van der Waals surface area contributed by atoms with Crippen LogP contribution < -0.4 is 5.46 Å². The van der Waals surface area contributed by atoms with Gasteiger partial charge in [-0.3, -0.25) is 0 Å². The topological polar surface area (TPSA) is 3.24 Å². The molecule has 0 N–H and O–H groups in total. The number of nitrogens with zero attached hydrogens (tertiary/aromatic N) is 1. The lowest BCUT2D eigenvalue weighted by Crippen LogP contribution is -2.59. The standard InChI is InChI=1S/C9H10BClFN/c1-13-5-10(6-13)7-2-3-8(11)9(12)4-7/h2-4H,5-6H2,1H3. The first-order valence-corrected chi connectivity index (χ1v) is 4.68. The van der Waals surface area contributed by atoms with E-state index in [2.05, 4.69) is 11.9 Å². The Morgan fingerprint density at radius 2 is 2.15 bits per heavy atom. The van der Waals surface area contributed by atoms with Crippen LogP contribution in [-0.4, -0.2) is 31.5 Å². The second-order valence-electron chi connectivity index (χ2n) is 3.59. The fourth-order valence-electron chi connectivity index (χ4n) is 1.68. The molecule has 13 heavy (non-hydrogen) atoms. The van der Waals surface area contributed by atoms with Crippen molar-refractivity contribution in [2.24, 2.45) is 0 Å². The van der Waals surface area contributed by atoms with Gasteiger partial charge in [0.1, 0.15) is 5.82 Å². The van der Waals surface area contributed by atoms with Crippen LogP contribution in [0.5, 0.6) is 0 Å². The van der Waals surface area contributed by atoms with Gasteiger partial charge in [0.05, 0.1) is 5.02 Å². The minimum Gasteiger partial charge on any atom is -0.320 e. The molecule has 0 atom stereocenters. The lowest BCUT2D eigenvalue weighted by Gasteiger charge is -2.34. The number of benzene rings is 1. The molecule has 0 amide bonds. The van der Waals surface area contributed by atoms with E-state index < -0.39 is 0 Å². The lowest BCUT2D eigenvalue weighted by atomic mass is 9.39. The Morgan fingerprint density at radius 3 is 2.69 bits per heavy atom. The summed E-state index contributed by atoms with van der Waals surface area (Å²) in [5.74, 6) is -0.311. The monoisotopic (exact) mass is 197 g/mol. The van der Waals surface area contributed by atoms with Crippen LogP contribution in [0.2, 0.25) is 5.02 Å². The van der Waals surface area contributed by atoms with E-state index in [-0.39, 0.29) is 10.8 Å². The largest absolute Gasteiger partial charge is 0.320 e. The van der Waals surface area contributed by atoms with Gasteiger partial charge in [-0.15, -0.1) is 0 Å². The van der Waals surface area contributed by atoms with Crippen LogP contribution in [0.4, 0.5) is 4.39 Å². The quantitative estimate of drug-likeness (QED) is 0.612. The van der Waals surface area contributed by atoms with Crippen LogP contribution in [0.25, 0.3) is 0 Å². The maximum absolute atomic E-state index is 13.1. The number of halogens is 2. The normalized spacial score (nSPS) is 17.3. The first kappa shape index (κ1) is 9.04. The molecule has 1 fully saturated rings. The molecule has 1 aliphatic rings. The van der Waals surface area contributed by atoms with Crippen molar-refractivity contribution in [3.63, 3.8) is 0 Å². The summed E-state index contributed by atoms with van der Waals surface area (Å²) < 4.78 is 13.1. The highest BCUT2D eigenvalue weighted by Crippen LogP contribution is 2.13. The van der Waals surface area contributed by atoms with E-state index in [1.807, 2.05) is 6.07 Å². The summed E-state index contributed by atoms with van der Waals surface area (Å²) in [6.07, 6.45) is 2.03. The average molecular weight is 197 g/mol. The van der Waals surface area contributed by atoms with E-state index in [0.29, 0.717) is 6.71 Å². The van der Waals surface area contributed by atoms with E-state index >= 15 is 0 Å². The third-order valence-electron chi connectivity index (χ3n) is 2.48. The van der Waals surface area contributed by atoms with Gasteiger partial charge < -0.3 is 4.90 Å². The maximum Gasteiger partial charge on any atom is 0.205 e. The molecule has 1 aromatic rings. The summed E-state index contributed by atoms with van der Waals surface area (Å²) in [6.45, 7) is 0.483. The second-order valence-corrected chi connectivity index (χ2v) is 4.00. The highest BCUT2D eigenvalue weighted by Gasteiger charge is 2.29. The predicted molar refractivity (Wildman–Crippen MR) is 54.3 cm³/mol. The SMILES string of the molecule is CN1CB(c2ccc(Cl)c(F)c2)C1. The molecule has 1 aliphatic heterocycles. The number of hydrogen-bond acceptors (Lipinski definition) is 1. The van der Waals surface area contributed by atoms with Gasteiger partial charge in [-0.25, -0.2) is 4.39 Å². The number of rotatable bonds is 1. The molecular weight excluding hydrogens is 187 g/mol. The maximum atomic E-state index is 13.1. The summed E-state index contributed by atoms with van der Waals surface area (Å²) in [5.41, 5.74) is 1.06. The van der Waals surface area contributed by atoms with Crippen molar-refractivity contribution >= 4 is 23.8 Å². The fourth-order valence-corrected chi connectivity index (χ4v) is 1.79. The van der Waals surface area contributed by atoms with E-state index in [1.54, 1.807) is 12.1 Å². The smallest absolute Gasteiger partial charge is 0.205 e. The van der Waals surface area contributed by atoms with Crippen LogP contribution in [-0.2, 0) is 0 Å². The summed E-state index contributed by atoms with van der Waals surface area (Å²) in [5, 5.41) is 0.205. The van der Waals surface area contributed by atoms with E-state index in [4.69, 9.17) is 11.6 Å². The van der Waals surface area contributed by atoms with Crippen LogP contribution in [0.1, 0.15) is 0 Å². The zero-order valence-electron chi connectivity index (χ0n) is 7.43. The molecule has 0 aromatic heterocycles. The molecule has 1 saturated heterocycles. The Hall–Kier alpha value is -0.535. The second kappa shape index (κ2) is 3.31. The predicted octanol–water partition coefficient (Wildman–Crippen LogP) is 1.20. The molecule has 0 unspecified atom stereocenters. The van der Waals surface area contributed by atoms with Crippen molar-refractivity contribution in [3.05, 3.63) is 29.0 Å². The van der Waals surface area contributed by atoms with Gasteiger partial charge in [0.2, 0.25) is 6.71 Å². The first-order chi connectivity index (χ1) is 6.16. The van der Waals surface area contributed by atoms with E-state index in [9.17, 15) is 4.39 Å². The minimum absolute atomic E-state index is 0.205. The van der Waals surface area contributed by atoms with Crippen molar-refractivity contribution in [1.29, 1.82) is 0 Å². The minimum atomic E-state index is -0.311. The Labute approximate surface area is 82.6 Å². The molecule has 4 heteroatoms. The molecule has 0 aliphatic carbocycles. The Morgan fingerprint density at radius 1 is 1.46 bits per heavy atom. The van der Waals surface area contributed by atoms with E-state index in [1.165, 1.54) is 0 Å². The first-order valence-electron chi connectivity index (χ1n) is 4.30. The Bertz CT molecular complexity index is 325. The van der Waals surface area contributed by atoms with Crippen molar-refractivity contribution in [2.45, 2.75) is 0 Å². The fraction of sp³-hybridized carbons (Fsp3) is 0.333. The van der Waals surface area contributed by atoms with Crippen molar-refractivity contribution in [2.75, 3.05) is 19.9 Å². The summed E-state index contributed by atoms with van der Waals surface area (Å²) in [6, 6.07) is 5.08. The van der Waals surface area contributed by atoms with Gasteiger partial charge in [-0.1, -0.05) is 23.1 Å². The third kappa shape index (κ3) is 1.72. The summed E-state index contributed by atoms with van der Waals surface area (Å²) >= 11 is 5.59. The van der Waals surface area contributed by atoms with Crippen LogP contribution in [0, 0.1) is 5.82 Å². The van der Waals surface area contributed by atoms with Crippen molar-refractivity contribution in [3.8, 4) is 0 Å². The molecule has 1 aromatic carbocycles. The zero-order valence-corrected chi connectivity index (χ0v) is 8.18. The molecule has 0 spiro atoms. The van der Waals surface area contributed by atoms with E-state index in [0.717, 1.165) is 18.4 Å². The Balaban J connectivity index is 2.18. The molecule has 0 saturated carbocycles. The molecule has 1 nitrogen and oxygen atoms in total. The molecule has 2 rings (SSSR count). The lowest BCUT2D eigenvalue weighted by molar-refractivity contribution is 0.396. The van der Waals surface area contributed by atoms with Gasteiger partial charge in [0.25, 0.3) is 0 Å². The van der Waals surface area contributed by atoms with Gasteiger partial charge in [0, 0.05) is 0 Å². The summed E-state index contributed by atoms with van der Waals surface area (Å²) in [4.78, 5) is 2.21. The molecule has 68 valence electrons. The van der Waals surface area contributed by atoms with Gasteiger partial charge in [-0.05, 0) is 32.1 Å². The van der Waals surface area contributed by atoms with Crippen LogP contribution in [0.15, 0.2) is 18.2 Å². The summed E-state index contributed by atoms with van der Waals surface area (Å²) in [7, 11) is 2.06. The molecular formula is C9H10BClFN. The highest BCUT2D eigenvalue weighted by atomic mass is 35.5. The highest BCUT2D eigenvalue weighted by molar-refractivity contribution is 6.75. The van der Waals surface area contributed by atoms with Crippen molar-refractivity contribution < 1.29 is 4.39 Å². The molecule has 0 radical (unpaired) electrons. The van der Waals surface area contributed by atoms with Crippen LogP contribution >= 0.6 is 11.6 Å². The molecule has 1 heterocycles. The third-order valence-corrected chi connectivity index (χ3v) is 2.79. The zero-order chi connectivity index (χ0) is 9.42. The van der Waals surface area contributed by atoms with Gasteiger partial charge in [0.15, 0.2) is 0 Å². The average Bonchev–Trinajstić information content (AvgIpc) is 2.05. The number of hydrogen-bond donors (Lipinski definition) is 0. The van der Waals surface area contributed by atoms with Gasteiger partial charge in [-0.2, -0.15) is 0 Å². The van der Waals surface area contributed by atoms with Gasteiger partial charge >= 0.3 is 0 Å². The Kier molecular flexibility index (Phi) is 2.30. The van der Waals surface area contributed by atoms with Crippen LogP contribution in [0.3, 0.4) is 0 Å². The molecule has 0 bridgehead atoms.